The third kappa shape index (κ3) is 8.23. The molecule has 0 spiro atoms. The van der Waals surface area contributed by atoms with Crippen LogP contribution in [-0.2, 0) is 0 Å². The summed E-state index contributed by atoms with van der Waals surface area (Å²) in [7, 11) is -6.00. The molecule has 0 aliphatic carbocycles. The molecule has 2 aromatic rings. The molecule has 0 amide bonds. The van der Waals surface area contributed by atoms with Gasteiger partial charge in [0.05, 0.1) is 32.4 Å². The molecule has 126 valence electrons. The molecule has 0 bridgehead atoms. The lowest BCUT2D eigenvalue weighted by Gasteiger charge is -2.11. The van der Waals surface area contributed by atoms with Gasteiger partial charge in [-0.05, 0) is 24.3 Å². The van der Waals surface area contributed by atoms with Crippen molar-refractivity contribution >= 4 is 41.8 Å². The van der Waals surface area contributed by atoms with Gasteiger partial charge in [-0.3, -0.25) is 0 Å². The normalized spacial score (nSPS) is 9.46. The molecule has 0 saturated carbocycles. The van der Waals surface area contributed by atoms with E-state index in [1.54, 1.807) is 36.4 Å². The largest absolute Gasteiger partial charge is 0.673 e. The van der Waals surface area contributed by atoms with E-state index in [2.05, 4.69) is 11.4 Å². The second kappa shape index (κ2) is 10.3. The van der Waals surface area contributed by atoms with Crippen molar-refractivity contribution in [2.45, 2.75) is 0 Å². The van der Waals surface area contributed by atoms with Crippen molar-refractivity contribution in [1.82, 2.24) is 0 Å². The average Bonchev–Trinajstić information content (AvgIpc) is 2.52. The minimum absolute atomic E-state index is 0.519. The minimum Gasteiger partial charge on any atom is -0.418 e. The zero-order chi connectivity index (χ0) is 18.8. The Morgan fingerprint density at radius 3 is 1.83 bits per heavy atom. The van der Waals surface area contributed by atoms with Gasteiger partial charge < -0.3 is 22.6 Å². The monoisotopic (exact) mass is 378 g/mol. The molecule has 0 radical (unpaired) electrons. The van der Waals surface area contributed by atoms with Gasteiger partial charge in [-0.2, -0.15) is 5.26 Å². The van der Waals surface area contributed by atoms with Gasteiger partial charge in [0.1, 0.15) is 6.07 Å². The van der Waals surface area contributed by atoms with Gasteiger partial charge >= 0.3 is 7.25 Å². The van der Waals surface area contributed by atoms with Crippen LogP contribution in [0.4, 0.5) is 28.6 Å². The standard InChI is InChI=1S/C13H8Cl2N2.BF4.N2/c14-10-5-3-6-11(15)13(10)17-12-7-2-1-4-9(12)8-16;2-1(3,4)5;1-2/h1-7,17H;;/q;-1;/p+1. The van der Waals surface area contributed by atoms with E-state index in [0.29, 0.717) is 27.0 Å². The Labute approximate surface area is 145 Å². The van der Waals surface area contributed by atoms with Crippen LogP contribution in [-0.4, -0.2) is 7.25 Å². The number of anilines is 2. The molecule has 0 atom stereocenters. The maximum Gasteiger partial charge on any atom is 0.673 e. The first-order valence-electron chi connectivity index (χ1n) is 6.02. The smallest absolute Gasteiger partial charge is 0.418 e. The van der Waals surface area contributed by atoms with Gasteiger partial charge in [-0.15, -0.1) is 0 Å². The van der Waals surface area contributed by atoms with Crippen LogP contribution in [0.2, 0.25) is 10.0 Å². The van der Waals surface area contributed by atoms with Crippen LogP contribution in [0.25, 0.3) is 0 Å². The number of nitrogens with one attached hydrogen (secondary N) is 2. The molecule has 0 aliphatic rings. The van der Waals surface area contributed by atoms with E-state index >= 15 is 0 Å². The molecule has 0 saturated heterocycles. The van der Waals surface area contributed by atoms with Crippen LogP contribution in [0.5, 0.6) is 0 Å². The number of benzene rings is 2. The van der Waals surface area contributed by atoms with Crippen molar-refractivity contribution in [3.63, 3.8) is 0 Å². The molecule has 11 heteroatoms. The first-order chi connectivity index (χ1) is 11.2. The summed E-state index contributed by atoms with van der Waals surface area (Å²) in [5, 5.41) is 24.1. The first kappa shape index (κ1) is 21.5. The first-order valence-corrected chi connectivity index (χ1v) is 6.78. The number of diazo groups is 1. The van der Waals surface area contributed by atoms with Crippen LogP contribution in [0, 0.1) is 16.7 Å². The highest BCUT2D eigenvalue weighted by atomic mass is 35.5. The van der Waals surface area contributed by atoms with E-state index in [9.17, 15) is 17.3 Å². The number of halogens is 6. The molecule has 0 aliphatic heterocycles. The van der Waals surface area contributed by atoms with Crippen molar-refractivity contribution < 1.29 is 22.7 Å². The minimum atomic E-state index is -6.00. The van der Waals surface area contributed by atoms with Crippen molar-refractivity contribution in [3.8, 4) is 6.07 Å². The fourth-order valence-corrected chi connectivity index (χ4v) is 1.93. The number of nitrogens with zero attached hydrogens (tertiary/aromatic N) is 2. The summed E-state index contributed by atoms with van der Waals surface area (Å²) < 4.78 is 39.0. The summed E-state index contributed by atoms with van der Waals surface area (Å²) in [5.74, 6) is 0. The van der Waals surface area contributed by atoms with Crippen LogP contribution in [0.3, 0.4) is 0 Å². The molecule has 2 rings (SSSR count). The zero-order valence-corrected chi connectivity index (χ0v) is 13.3. The molecule has 2 aromatic carbocycles. The number of rotatable bonds is 2. The number of hydrogen-bond donors (Lipinski definition) is 2. The van der Waals surface area contributed by atoms with E-state index in [-0.39, 0.29) is 0 Å². The lowest BCUT2D eigenvalue weighted by atomic mass is 10.2. The fraction of sp³-hybridized carbons (Fsp3) is 0. The quantitative estimate of drug-likeness (QED) is 0.467. The van der Waals surface area contributed by atoms with Crippen LogP contribution in [0.1, 0.15) is 5.56 Å². The van der Waals surface area contributed by atoms with Gasteiger partial charge in [0, 0.05) is 0 Å². The maximum atomic E-state index is 9.75. The van der Waals surface area contributed by atoms with Crippen LogP contribution in [0.15, 0.2) is 42.5 Å². The van der Waals surface area contributed by atoms with Crippen molar-refractivity contribution in [3.05, 3.63) is 58.1 Å². The van der Waals surface area contributed by atoms with Crippen LogP contribution < -0.4 is 10.7 Å². The zero-order valence-electron chi connectivity index (χ0n) is 11.8. The molecule has 0 unspecified atom stereocenters. The summed E-state index contributed by atoms with van der Waals surface area (Å²) in [6, 6.07) is 14.5. The van der Waals surface area contributed by atoms with E-state index in [0.717, 1.165) is 0 Å². The maximum absolute atomic E-state index is 9.75. The molecule has 4 nitrogen and oxygen atoms in total. The third-order valence-electron chi connectivity index (χ3n) is 2.27. The molecular formula is C13H9BCl2F4N4. The molecule has 0 heterocycles. The topological polar surface area (TPSA) is 83.4 Å². The molecule has 2 N–H and O–H groups in total. The number of hydrogen-bond acceptors (Lipinski definition) is 3. The third-order valence-corrected chi connectivity index (χ3v) is 2.90. The fourth-order valence-electron chi connectivity index (χ4n) is 1.44. The second-order valence-corrected chi connectivity index (χ2v) is 4.69. The van der Waals surface area contributed by atoms with Gasteiger partial charge in [0.15, 0.2) is 0 Å². The lowest BCUT2D eigenvalue weighted by Crippen LogP contribution is -2.11. The Balaban J connectivity index is 0.000000650. The summed E-state index contributed by atoms with van der Waals surface area (Å²) in [5.41, 5.74) is 1.84. The molecule has 24 heavy (non-hydrogen) atoms. The number of para-hydroxylation sites is 2. The Hall–Kier alpha value is -2.49. The van der Waals surface area contributed by atoms with Gasteiger partial charge in [0.25, 0.3) is 0 Å². The summed E-state index contributed by atoms with van der Waals surface area (Å²) in [4.78, 5) is 0. The van der Waals surface area contributed by atoms with Crippen LogP contribution >= 0.6 is 23.2 Å². The summed E-state index contributed by atoms with van der Waals surface area (Å²) in [6.45, 7) is 0. The Morgan fingerprint density at radius 1 is 0.917 bits per heavy atom. The Bertz CT molecular complexity index is 706. The average molecular weight is 379 g/mol. The highest BCUT2D eigenvalue weighted by molar-refractivity contribution is 6.50. The van der Waals surface area contributed by atoms with Gasteiger partial charge in [-0.25, -0.2) is 0 Å². The van der Waals surface area contributed by atoms with E-state index in [1.807, 2.05) is 6.07 Å². The Morgan fingerprint density at radius 2 is 1.38 bits per heavy atom. The van der Waals surface area contributed by atoms with E-state index in [1.165, 1.54) is 0 Å². The molecule has 0 aromatic heterocycles. The van der Waals surface area contributed by atoms with Gasteiger partial charge in [-0.1, -0.05) is 41.4 Å². The Kier molecular flexibility index (Phi) is 9.25. The summed E-state index contributed by atoms with van der Waals surface area (Å²) >= 11 is 12.1. The highest BCUT2D eigenvalue weighted by Gasteiger charge is 2.20. The predicted molar refractivity (Wildman–Crippen MR) is 83.8 cm³/mol. The van der Waals surface area contributed by atoms with E-state index < -0.39 is 7.25 Å². The van der Waals surface area contributed by atoms with Crippen molar-refractivity contribution in [2.75, 3.05) is 5.32 Å². The second-order valence-electron chi connectivity index (χ2n) is 3.87. The SMILES string of the molecule is F[B-](F)(F)F.N#Cc1ccccc1Nc1c(Cl)cccc1Cl.N#[NH+]. The molecule has 0 fully saturated rings. The lowest BCUT2D eigenvalue weighted by molar-refractivity contribution is -0.175. The van der Waals surface area contributed by atoms with E-state index in [4.69, 9.17) is 39.2 Å². The summed E-state index contributed by atoms with van der Waals surface area (Å²) in [6.07, 6.45) is 0. The van der Waals surface area contributed by atoms with Gasteiger partial charge in [0.2, 0.25) is 5.39 Å². The number of nitriles is 1. The predicted octanol–water partition coefficient (Wildman–Crippen LogP) is 4.19. The highest BCUT2D eigenvalue weighted by Crippen LogP contribution is 2.33. The van der Waals surface area contributed by atoms with Crippen molar-refractivity contribution in [1.29, 1.82) is 10.7 Å². The molecular weight excluding hydrogens is 370 g/mol. The van der Waals surface area contributed by atoms with Crippen molar-refractivity contribution in [2.24, 2.45) is 0 Å².